The zero-order chi connectivity index (χ0) is 13.3. The molecular weight excluding hydrogens is 226 g/mol. The first kappa shape index (κ1) is 12.7. The average Bonchev–Trinajstić information content (AvgIpc) is 2.60. The fourth-order valence-electron chi connectivity index (χ4n) is 2.65. The largest absolute Gasteiger partial charge is 0.398 e. The normalized spacial score (nSPS) is 21.8. The van der Waals surface area contributed by atoms with Crippen molar-refractivity contribution in [3.8, 4) is 0 Å². The van der Waals surface area contributed by atoms with E-state index in [4.69, 9.17) is 11.5 Å². The van der Waals surface area contributed by atoms with Crippen LogP contribution in [0.15, 0.2) is 18.2 Å². The predicted octanol–water partition coefficient (Wildman–Crippen LogP) is 2.36. The molecule has 18 heavy (non-hydrogen) atoms. The number of nitrogens with two attached hydrogens (primary N) is 2. The van der Waals surface area contributed by atoms with Gasteiger partial charge in [-0.05, 0) is 36.5 Å². The fourth-order valence-corrected chi connectivity index (χ4v) is 2.65. The number of carbonyl (C=O) groups excluding carboxylic acids is 1. The van der Waals surface area contributed by atoms with Gasteiger partial charge in [-0.1, -0.05) is 20.3 Å². The molecule has 2 rings (SSSR count). The fraction of sp³-hybridized carbons (Fsp3) is 0.500. The molecule has 1 amide bonds. The summed E-state index contributed by atoms with van der Waals surface area (Å²) >= 11 is 0. The van der Waals surface area contributed by atoms with Gasteiger partial charge in [-0.25, -0.2) is 0 Å². The molecule has 1 aromatic rings. The van der Waals surface area contributed by atoms with Crippen molar-refractivity contribution in [1.29, 1.82) is 0 Å². The molecule has 4 heteroatoms. The molecular formula is C14H21N3O. The molecule has 0 heterocycles. The first-order chi connectivity index (χ1) is 8.40. The average molecular weight is 247 g/mol. The summed E-state index contributed by atoms with van der Waals surface area (Å²) in [4.78, 5) is 11.3. The third-order valence-electron chi connectivity index (χ3n) is 3.92. The van der Waals surface area contributed by atoms with Crippen LogP contribution in [-0.4, -0.2) is 11.9 Å². The number of rotatable bonds is 3. The van der Waals surface area contributed by atoms with Crippen molar-refractivity contribution in [3.05, 3.63) is 23.8 Å². The van der Waals surface area contributed by atoms with Gasteiger partial charge in [0.1, 0.15) is 0 Å². The lowest BCUT2D eigenvalue weighted by Gasteiger charge is -2.29. The quantitative estimate of drug-likeness (QED) is 0.717. The Bertz CT molecular complexity index is 468. The van der Waals surface area contributed by atoms with E-state index in [1.54, 1.807) is 12.1 Å². The number of nitrogens with one attached hydrogen (secondary N) is 1. The summed E-state index contributed by atoms with van der Waals surface area (Å²) in [6.07, 6.45) is 3.62. The molecule has 0 radical (unpaired) electrons. The molecule has 1 unspecified atom stereocenters. The lowest BCUT2D eigenvalue weighted by Crippen LogP contribution is -2.30. The van der Waals surface area contributed by atoms with E-state index < -0.39 is 5.91 Å². The van der Waals surface area contributed by atoms with Crippen LogP contribution in [0.25, 0.3) is 0 Å². The molecule has 1 saturated carbocycles. The van der Waals surface area contributed by atoms with Gasteiger partial charge < -0.3 is 16.8 Å². The number of carbonyl (C=O) groups is 1. The lowest BCUT2D eigenvalue weighted by atomic mass is 9.87. The molecule has 0 aliphatic heterocycles. The highest BCUT2D eigenvalue weighted by atomic mass is 16.1. The summed E-state index contributed by atoms with van der Waals surface area (Å²) < 4.78 is 0. The predicted molar refractivity (Wildman–Crippen MR) is 74.4 cm³/mol. The van der Waals surface area contributed by atoms with Gasteiger partial charge in [0.15, 0.2) is 0 Å². The van der Waals surface area contributed by atoms with E-state index in [2.05, 4.69) is 19.2 Å². The Kier molecular flexibility index (Phi) is 3.20. The first-order valence-electron chi connectivity index (χ1n) is 6.36. The van der Waals surface area contributed by atoms with Crippen LogP contribution in [0.1, 0.15) is 43.5 Å². The molecule has 1 aliphatic carbocycles. The van der Waals surface area contributed by atoms with Gasteiger partial charge in [0.05, 0.1) is 5.56 Å². The highest BCUT2D eigenvalue weighted by molar-refractivity contribution is 5.98. The maximum absolute atomic E-state index is 11.3. The van der Waals surface area contributed by atoms with E-state index in [1.807, 2.05) is 6.07 Å². The topological polar surface area (TPSA) is 81.1 Å². The van der Waals surface area contributed by atoms with Gasteiger partial charge >= 0.3 is 0 Å². The Hall–Kier alpha value is -1.71. The van der Waals surface area contributed by atoms with Gasteiger partial charge in [-0.3, -0.25) is 4.79 Å². The third kappa shape index (κ3) is 2.42. The lowest BCUT2D eigenvalue weighted by molar-refractivity contribution is 0.100. The number of nitrogen functional groups attached to an aromatic ring is 1. The first-order valence-corrected chi connectivity index (χ1v) is 6.36. The van der Waals surface area contributed by atoms with Gasteiger partial charge in [-0.2, -0.15) is 0 Å². The van der Waals surface area contributed by atoms with Crippen LogP contribution in [0.3, 0.4) is 0 Å². The Labute approximate surface area is 108 Å². The molecule has 0 saturated heterocycles. The van der Waals surface area contributed by atoms with E-state index >= 15 is 0 Å². The van der Waals surface area contributed by atoms with Crippen molar-refractivity contribution in [1.82, 2.24) is 0 Å². The minimum atomic E-state index is -0.484. The minimum absolute atomic E-state index is 0.286. The van der Waals surface area contributed by atoms with Crippen LogP contribution >= 0.6 is 0 Å². The molecule has 1 atom stereocenters. The number of hydrogen-bond acceptors (Lipinski definition) is 3. The molecule has 1 fully saturated rings. The second-order valence-electron chi connectivity index (χ2n) is 5.74. The van der Waals surface area contributed by atoms with E-state index in [9.17, 15) is 4.79 Å². The van der Waals surface area contributed by atoms with E-state index in [-0.39, 0.29) is 5.41 Å². The second-order valence-corrected chi connectivity index (χ2v) is 5.74. The number of primary amides is 1. The number of anilines is 2. The Morgan fingerprint density at radius 3 is 2.72 bits per heavy atom. The van der Waals surface area contributed by atoms with Gasteiger partial charge in [-0.15, -0.1) is 0 Å². The Morgan fingerprint density at radius 2 is 2.17 bits per heavy atom. The molecule has 0 spiro atoms. The van der Waals surface area contributed by atoms with Crippen molar-refractivity contribution in [2.45, 2.75) is 39.2 Å². The maximum atomic E-state index is 11.3. The smallest absolute Gasteiger partial charge is 0.250 e. The molecule has 0 aromatic heterocycles. The molecule has 0 bridgehead atoms. The van der Waals surface area contributed by atoms with Crippen LogP contribution in [0.5, 0.6) is 0 Å². The van der Waals surface area contributed by atoms with Crippen molar-refractivity contribution >= 4 is 17.3 Å². The molecule has 1 aromatic carbocycles. The monoisotopic (exact) mass is 247 g/mol. The van der Waals surface area contributed by atoms with Crippen LogP contribution < -0.4 is 16.8 Å². The minimum Gasteiger partial charge on any atom is -0.398 e. The Morgan fingerprint density at radius 1 is 1.44 bits per heavy atom. The van der Waals surface area contributed by atoms with Crippen molar-refractivity contribution in [2.75, 3.05) is 11.1 Å². The van der Waals surface area contributed by atoms with Gasteiger partial charge in [0.2, 0.25) is 0 Å². The SMILES string of the molecule is CC1(C)CCCC1Nc1ccc(N)c(C(N)=O)c1. The van der Waals surface area contributed by atoms with Crippen molar-refractivity contribution in [2.24, 2.45) is 11.1 Å². The summed E-state index contributed by atoms with van der Waals surface area (Å²) in [6.45, 7) is 4.54. The highest BCUT2D eigenvalue weighted by Crippen LogP contribution is 2.39. The van der Waals surface area contributed by atoms with Crippen LogP contribution in [0, 0.1) is 5.41 Å². The number of amides is 1. The summed E-state index contributed by atoms with van der Waals surface area (Å²) in [5, 5.41) is 3.49. The summed E-state index contributed by atoms with van der Waals surface area (Å²) in [7, 11) is 0. The second kappa shape index (κ2) is 4.52. The van der Waals surface area contributed by atoms with Crippen molar-refractivity contribution in [3.63, 3.8) is 0 Å². The van der Waals surface area contributed by atoms with Gasteiger partial charge in [0, 0.05) is 17.4 Å². The third-order valence-corrected chi connectivity index (χ3v) is 3.92. The number of hydrogen-bond donors (Lipinski definition) is 3. The summed E-state index contributed by atoms with van der Waals surface area (Å²) in [6, 6.07) is 5.80. The van der Waals surface area contributed by atoms with E-state index in [0.29, 0.717) is 17.3 Å². The van der Waals surface area contributed by atoms with E-state index in [0.717, 1.165) is 12.1 Å². The molecule has 4 nitrogen and oxygen atoms in total. The van der Waals surface area contributed by atoms with E-state index in [1.165, 1.54) is 12.8 Å². The van der Waals surface area contributed by atoms with Crippen molar-refractivity contribution < 1.29 is 4.79 Å². The highest BCUT2D eigenvalue weighted by Gasteiger charge is 2.34. The Balaban J connectivity index is 2.20. The molecule has 98 valence electrons. The molecule has 5 N–H and O–H groups in total. The van der Waals surface area contributed by atoms with Crippen LogP contribution in [0.2, 0.25) is 0 Å². The van der Waals surface area contributed by atoms with Crippen LogP contribution in [-0.2, 0) is 0 Å². The summed E-state index contributed by atoms with van der Waals surface area (Å²) in [5.41, 5.74) is 13.0. The molecule has 1 aliphatic rings. The van der Waals surface area contributed by atoms with Gasteiger partial charge in [0.25, 0.3) is 5.91 Å². The standard InChI is InChI=1S/C14H21N3O/c1-14(2)7-3-4-12(14)17-9-5-6-11(15)10(8-9)13(16)18/h5-6,8,12,17H,3-4,7,15H2,1-2H3,(H2,16,18). The number of benzene rings is 1. The van der Waals surface area contributed by atoms with Crippen LogP contribution in [0.4, 0.5) is 11.4 Å². The zero-order valence-corrected chi connectivity index (χ0v) is 11.0. The zero-order valence-electron chi connectivity index (χ0n) is 11.0. The maximum Gasteiger partial charge on any atom is 0.250 e. The summed E-state index contributed by atoms with van der Waals surface area (Å²) in [5.74, 6) is -0.484.